The number of hydrogen-bond donors (Lipinski definition) is 0. The Balaban J connectivity index is 2.58. The monoisotopic (exact) mass is 275 g/mol. The van der Waals surface area contributed by atoms with Crippen LogP contribution in [0.3, 0.4) is 0 Å². The highest BCUT2D eigenvalue weighted by Gasteiger charge is 2.11. The summed E-state index contributed by atoms with van der Waals surface area (Å²) in [6.45, 7) is 1.85. The minimum atomic E-state index is 0.609. The van der Waals surface area contributed by atoms with Crippen LogP contribution in [0.25, 0.3) is 11.4 Å². The molecule has 0 aliphatic carbocycles. The molecule has 0 unspecified atom stereocenters. The second-order valence-electron chi connectivity index (χ2n) is 3.55. The lowest BCUT2D eigenvalue weighted by atomic mass is 10.2. The highest BCUT2D eigenvalue weighted by atomic mass is 79.9. The van der Waals surface area contributed by atoms with Crippen molar-refractivity contribution in [2.45, 2.75) is 6.92 Å². The van der Waals surface area contributed by atoms with Crippen LogP contribution < -0.4 is 0 Å². The Hall–Kier alpha value is -1.60. The van der Waals surface area contributed by atoms with E-state index in [9.17, 15) is 0 Å². The number of halogens is 1. The van der Waals surface area contributed by atoms with Crippen molar-refractivity contribution in [3.63, 3.8) is 0 Å². The summed E-state index contributed by atoms with van der Waals surface area (Å²) in [5.41, 5.74) is 2.39. The van der Waals surface area contributed by atoms with Crippen LogP contribution in [0.2, 0.25) is 0 Å². The van der Waals surface area contributed by atoms with Crippen molar-refractivity contribution in [3.05, 3.63) is 40.1 Å². The van der Waals surface area contributed by atoms with E-state index in [2.05, 4.69) is 27.0 Å². The Morgan fingerprint density at radius 2 is 1.94 bits per heavy atom. The van der Waals surface area contributed by atoms with Gasteiger partial charge in [-0.15, -0.1) is 0 Å². The Labute approximate surface area is 102 Å². The zero-order valence-electron chi connectivity index (χ0n) is 9.03. The molecule has 80 valence electrons. The van der Waals surface area contributed by atoms with Gasteiger partial charge in [0.25, 0.3) is 0 Å². The highest BCUT2D eigenvalue weighted by molar-refractivity contribution is 9.10. The second-order valence-corrected chi connectivity index (χ2v) is 4.46. The van der Waals surface area contributed by atoms with Crippen molar-refractivity contribution in [1.29, 1.82) is 5.26 Å². The van der Waals surface area contributed by atoms with Gasteiger partial charge >= 0.3 is 0 Å². The molecule has 2 aromatic rings. The van der Waals surface area contributed by atoms with Gasteiger partial charge in [-0.05, 0) is 19.1 Å². The lowest BCUT2D eigenvalue weighted by molar-refractivity contribution is 0.906. The average Bonchev–Trinajstić information content (AvgIpc) is 2.55. The van der Waals surface area contributed by atoms with Gasteiger partial charge in [0.05, 0.1) is 5.69 Å². The fraction of sp³-hybridized carbons (Fsp3) is 0.167. The molecule has 16 heavy (non-hydrogen) atoms. The van der Waals surface area contributed by atoms with Crippen LogP contribution in [-0.2, 0) is 7.05 Å². The SMILES string of the molecule is Cc1nc(-c2ccc(Br)cc2)n(C)c1C#N. The first-order valence-corrected chi connectivity index (χ1v) is 5.62. The van der Waals surface area contributed by atoms with Gasteiger partial charge in [-0.1, -0.05) is 28.1 Å². The van der Waals surface area contributed by atoms with E-state index in [1.165, 1.54) is 0 Å². The standard InChI is InChI=1S/C12H10BrN3/c1-8-11(7-14)16(2)12(15-8)9-3-5-10(13)6-4-9/h3-6H,1-2H3. The predicted octanol–water partition coefficient (Wildman–Crippen LogP) is 3.03. The Kier molecular flexibility index (Phi) is 2.80. The van der Waals surface area contributed by atoms with Crippen LogP contribution >= 0.6 is 15.9 Å². The first-order valence-electron chi connectivity index (χ1n) is 4.83. The van der Waals surface area contributed by atoms with Gasteiger partial charge in [-0.3, -0.25) is 0 Å². The molecule has 1 heterocycles. The van der Waals surface area contributed by atoms with E-state index in [4.69, 9.17) is 5.26 Å². The number of nitrogens with zero attached hydrogens (tertiary/aromatic N) is 3. The number of benzene rings is 1. The fourth-order valence-electron chi connectivity index (χ4n) is 1.65. The highest BCUT2D eigenvalue weighted by Crippen LogP contribution is 2.22. The molecular weight excluding hydrogens is 266 g/mol. The van der Waals surface area contributed by atoms with Crippen molar-refractivity contribution in [1.82, 2.24) is 9.55 Å². The fourth-order valence-corrected chi connectivity index (χ4v) is 1.91. The van der Waals surface area contributed by atoms with Gasteiger partial charge in [-0.2, -0.15) is 5.26 Å². The molecule has 0 saturated carbocycles. The summed E-state index contributed by atoms with van der Waals surface area (Å²) in [6.07, 6.45) is 0. The number of rotatable bonds is 1. The van der Waals surface area contributed by atoms with Crippen LogP contribution in [0.5, 0.6) is 0 Å². The maximum absolute atomic E-state index is 8.99. The molecule has 0 amide bonds. The third kappa shape index (κ3) is 1.74. The molecule has 1 aromatic heterocycles. The van der Waals surface area contributed by atoms with E-state index in [1.54, 1.807) is 0 Å². The quantitative estimate of drug-likeness (QED) is 0.803. The second kappa shape index (κ2) is 4.11. The van der Waals surface area contributed by atoms with Gasteiger partial charge < -0.3 is 4.57 Å². The summed E-state index contributed by atoms with van der Waals surface area (Å²) < 4.78 is 2.85. The molecule has 0 fully saturated rings. The molecule has 0 spiro atoms. The van der Waals surface area contributed by atoms with Gasteiger partial charge in [0.1, 0.15) is 17.6 Å². The normalized spacial score (nSPS) is 10.1. The zero-order valence-corrected chi connectivity index (χ0v) is 10.6. The summed E-state index contributed by atoms with van der Waals surface area (Å²) in [4.78, 5) is 4.41. The summed E-state index contributed by atoms with van der Waals surface area (Å²) >= 11 is 3.39. The van der Waals surface area contributed by atoms with Crippen molar-refractivity contribution >= 4 is 15.9 Å². The smallest absolute Gasteiger partial charge is 0.143 e. The number of aromatic nitrogens is 2. The van der Waals surface area contributed by atoms with Gasteiger partial charge in [0.2, 0.25) is 0 Å². The van der Waals surface area contributed by atoms with Gasteiger partial charge in [0.15, 0.2) is 0 Å². The first kappa shape index (κ1) is 10.9. The minimum absolute atomic E-state index is 0.609. The average molecular weight is 276 g/mol. The third-order valence-corrected chi connectivity index (χ3v) is 3.01. The Bertz CT molecular complexity index is 561. The molecule has 1 aromatic carbocycles. The number of nitriles is 1. The molecule has 0 bridgehead atoms. The minimum Gasteiger partial charge on any atom is -0.319 e. The van der Waals surface area contributed by atoms with E-state index in [0.717, 1.165) is 21.6 Å². The molecule has 0 atom stereocenters. The lowest BCUT2D eigenvalue weighted by Crippen LogP contribution is -1.95. The third-order valence-electron chi connectivity index (χ3n) is 2.48. The molecule has 0 N–H and O–H groups in total. The number of hydrogen-bond acceptors (Lipinski definition) is 2. The largest absolute Gasteiger partial charge is 0.319 e. The molecule has 0 aliphatic heterocycles. The molecule has 3 nitrogen and oxygen atoms in total. The van der Waals surface area contributed by atoms with Crippen LogP contribution in [0, 0.1) is 18.3 Å². The van der Waals surface area contributed by atoms with Crippen molar-refractivity contribution in [3.8, 4) is 17.5 Å². The summed E-state index contributed by atoms with van der Waals surface area (Å²) in [7, 11) is 1.86. The number of aryl methyl sites for hydroxylation is 1. The van der Waals surface area contributed by atoms with Gasteiger partial charge in [0, 0.05) is 17.1 Å². The maximum Gasteiger partial charge on any atom is 0.143 e. The molecule has 2 rings (SSSR count). The first-order chi connectivity index (χ1) is 7.63. The topological polar surface area (TPSA) is 41.6 Å². The van der Waals surface area contributed by atoms with E-state index < -0.39 is 0 Å². The Morgan fingerprint density at radius 1 is 1.31 bits per heavy atom. The molecule has 0 aliphatic rings. The van der Waals surface area contributed by atoms with Crippen molar-refractivity contribution in [2.24, 2.45) is 7.05 Å². The lowest BCUT2D eigenvalue weighted by Gasteiger charge is -2.02. The van der Waals surface area contributed by atoms with Crippen LogP contribution in [0.1, 0.15) is 11.4 Å². The summed E-state index contributed by atoms with van der Waals surface area (Å²) in [5.74, 6) is 0.821. The maximum atomic E-state index is 8.99. The zero-order chi connectivity index (χ0) is 11.7. The van der Waals surface area contributed by atoms with Crippen LogP contribution in [-0.4, -0.2) is 9.55 Å². The van der Waals surface area contributed by atoms with Crippen LogP contribution in [0.4, 0.5) is 0 Å². The number of imidazole rings is 1. The van der Waals surface area contributed by atoms with E-state index in [1.807, 2.05) is 42.8 Å². The van der Waals surface area contributed by atoms with E-state index >= 15 is 0 Å². The predicted molar refractivity (Wildman–Crippen MR) is 65.8 cm³/mol. The van der Waals surface area contributed by atoms with Crippen molar-refractivity contribution < 1.29 is 0 Å². The molecular formula is C12H10BrN3. The van der Waals surface area contributed by atoms with Gasteiger partial charge in [-0.25, -0.2) is 4.98 Å². The molecule has 4 heteroatoms. The van der Waals surface area contributed by atoms with Crippen LogP contribution in [0.15, 0.2) is 28.7 Å². The summed E-state index contributed by atoms with van der Waals surface area (Å²) in [5, 5.41) is 8.99. The van der Waals surface area contributed by atoms with E-state index in [-0.39, 0.29) is 0 Å². The summed E-state index contributed by atoms with van der Waals surface area (Å²) in [6, 6.07) is 10.0. The van der Waals surface area contributed by atoms with Crippen molar-refractivity contribution in [2.75, 3.05) is 0 Å². The molecule has 0 radical (unpaired) electrons. The Morgan fingerprint density at radius 3 is 2.44 bits per heavy atom. The van der Waals surface area contributed by atoms with E-state index in [0.29, 0.717) is 5.69 Å². The molecule has 0 saturated heterocycles.